The Labute approximate surface area is 123 Å². The summed E-state index contributed by atoms with van der Waals surface area (Å²) in [4.78, 5) is 16.3. The number of hydrogen-bond donors (Lipinski definition) is 2. The Kier molecular flexibility index (Phi) is 4.74. The molecule has 0 saturated heterocycles. The largest absolute Gasteiger partial charge is 0.373 e. The minimum atomic E-state index is -0.264. The molecule has 1 atom stereocenters. The van der Waals surface area contributed by atoms with Crippen molar-refractivity contribution >= 4 is 28.1 Å². The van der Waals surface area contributed by atoms with Gasteiger partial charge >= 0.3 is 0 Å². The second-order valence-corrected chi connectivity index (χ2v) is 5.64. The van der Waals surface area contributed by atoms with Crippen LogP contribution in [0.4, 0.5) is 10.8 Å². The lowest BCUT2D eigenvalue weighted by atomic mass is 10.1. The van der Waals surface area contributed by atoms with E-state index in [9.17, 15) is 4.79 Å². The first-order valence-electron chi connectivity index (χ1n) is 6.64. The Hall–Kier alpha value is -1.88. The number of rotatable bonds is 5. The summed E-state index contributed by atoms with van der Waals surface area (Å²) in [6.07, 6.45) is 2.39. The van der Waals surface area contributed by atoms with Crippen LogP contribution in [0.5, 0.6) is 0 Å². The van der Waals surface area contributed by atoms with Gasteiger partial charge in [0.1, 0.15) is 6.04 Å². The highest BCUT2D eigenvalue weighted by atomic mass is 32.1. The molecule has 1 aromatic carbocycles. The number of benzene rings is 1. The third-order valence-corrected chi connectivity index (χ3v) is 3.79. The molecule has 0 saturated carbocycles. The van der Waals surface area contributed by atoms with Crippen LogP contribution in [0.25, 0.3) is 0 Å². The Balaban J connectivity index is 2.06. The van der Waals surface area contributed by atoms with Crippen molar-refractivity contribution in [2.24, 2.45) is 0 Å². The Bertz CT molecular complexity index is 581. The van der Waals surface area contributed by atoms with Crippen LogP contribution in [0.1, 0.15) is 24.5 Å². The lowest BCUT2D eigenvalue weighted by Gasteiger charge is -2.19. The lowest BCUT2D eigenvalue weighted by Crippen LogP contribution is -2.34. The zero-order valence-electron chi connectivity index (χ0n) is 11.9. The molecule has 0 aliphatic rings. The Morgan fingerprint density at radius 1 is 1.40 bits per heavy atom. The SMILES string of the molecule is CC[C@@H](Nc1ccc(C)cc1C)C(=O)Nc1nccs1. The standard InChI is InChI=1S/C15H19N3OS/c1-4-12(14(19)18-15-16-7-8-20-15)17-13-6-5-10(2)9-11(13)3/h5-9,12,17H,4H2,1-3H3,(H,16,18,19)/t12-/m1/s1. The molecular formula is C15H19N3OS. The van der Waals surface area contributed by atoms with Crippen LogP contribution in [-0.4, -0.2) is 16.9 Å². The molecule has 0 aliphatic carbocycles. The summed E-state index contributed by atoms with van der Waals surface area (Å²) in [5.41, 5.74) is 3.36. The van der Waals surface area contributed by atoms with Crippen molar-refractivity contribution < 1.29 is 4.79 Å². The van der Waals surface area contributed by atoms with Crippen molar-refractivity contribution in [2.75, 3.05) is 10.6 Å². The molecule has 0 unspecified atom stereocenters. The Morgan fingerprint density at radius 3 is 2.80 bits per heavy atom. The van der Waals surface area contributed by atoms with Gasteiger partial charge in [0.2, 0.25) is 5.91 Å². The summed E-state index contributed by atoms with van der Waals surface area (Å²) in [6, 6.07) is 5.90. The average Bonchev–Trinajstić information content (AvgIpc) is 2.90. The number of carbonyl (C=O) groups excluding carboxylic acids is 1. The van der Waals surface area contributed by atoms with Crippen molar-refractivity contribution in [2.45, 2.75) is 33.2 Å². The van der Waals surface area contributed by atoms with E-state index in [0.717, 1.165) is 11.3 Å². The monoisotopic (exact) mass is 289 g/mol. The zero-order valence-corrected chi connectivity index (χ0v) is 12.8. The van der Waals surface area contributed by atoms with Crippen LogP contribution in [0, 0.1) is 13.8 Å². The first kappa shape index (κ1) is 14.5. The van der Waals surface area contributed by atoms with Gasteiger partial charge in [-0.25, -0.2) is 4.98 Å². The number of nitrogens with zero attached hydrogens (tertiary/aromatic N) is 1. The van der Waals surface area contributed by atoms with Crippen LogP contribution in [0.2, 0.25) is 0 Å². The van der Waals surface area contributed by atoms with Gasteiger partial charge in [0.15, 0.2) is 5.13 Å². The normalized spacial score (nSPS) is 11.9. The van der Waals surface area contributed by atoms with Gasteiger partial charge in [0.05, 0.1) is 0 Å². The minimum absolute atomic E-state index is 0.0533. The number of nitrogens with one attached hydrogen (secondary N) is 2. The molecule has 0 spiro atoms. The topological polar surface area (TPSA) is 54.0 Å². The summed E-state index contributed by atoms with van der Waals surface area (Å²) in [7, 11) is 0. The van der Waals surface area contributed by atoms with Gasteiger partial charge in [-0.1, -0.05) is 24.6 Å². The number of carbonyl (C=O) groups is 1. The average molecular weight is 289 g/mol. The summed E-state index contributed by atoms with van der Waals surface area (Å²) < 4.78 is 0. The van der Waals surface area contributed by atoms with Crippen molar-refractivity contribution in [3.8, 4) is 0 Å². The first-order chi connectivity index (χ1) is 9.60. The van der Waals surface area contributed by atoms with E-state index in [-0.39, 0.29) is 11.9 Å². The van der Waals surface area contributed by atoms with Gasteiger partial charge in [-0.3, -0.25) is 4.79 Å². The van der Waals surface area contributed by atoms with E-state index in [4.69, 9.17) is 0 Å². The van der Waals surface area contributed by atoms with Gasteiger partial charge in [-0.15, -0.1) is 11.3 Å². The van der Waals surface area contributed by atoms with Crippen LogP contribution >= 0.6 is 11.3 Å². The predicted molar refractivity (Wildman–Crippen MR) is 84.4 cm³/mol. The molecule has 0 radical (unpaired) electrons. The smallest absolute Gasteiger partial charge is 0.248 e. The van der Waals surface area contributed by atoms with E-state index in [2.05, 4.69) is 28.6 Å². The fourth-order valence-corrected chi connectivity index (χ4v) is 2.53. The summed E-state index contributed by atoms with van der Waals surface area (Å²) >= 11 is 1.42. The Morgan fingerprint density at radius 2 is 2.20 bits per heavy atom. The second kappa shape index (κ2) is 6.52. The molecule has 2 aromatic rings. The molecule has 106 valence electrons. The number of anilines is 2. The highest BCUT2D eigenvalue weighted by Gasteiger charge is 2.17. The van der Waals surface area contributed by atoms with Crippen molar-refractivity contribution in [1.29, 1.82) is 0 Å². The lowest BCUT2D eigenvalue weighted by molar-refractivity contribution is -0.116. The van der Waals surface area contributed by atoms with Gasteiger partial charge < -0.3 is 10.6 Å². The molecule has 0 bridgehead atoms. The van der Waals surface area contributed by atoms with Gasteiger partial charge in [0.25, 0.3) is 0 Å². The first-order valence-corrected chi connectivity index (χ1v) is 7.52. The number of thiazole rings is 1. The van der Waals surface area contributed by atoms with Crippen molar-refractivity contribution in [3.05, 3.63) is 40.9 Å². The van der Waals surface area contributed by atoms with Crippen LogP contribution in [0.15, 0.2) is 29.8 Å². The van der Waals surface area contributed by atoms with Gasteiger partial charge in [-0.05, 0) is 31.9 Å². The third kappa shape index (κ3) is 3.57. The number of aryl methyl sites for hydroxylation is 2. The summed E-state index contributed by atoms with van der Waals surface area (Å²) in [5, 5.41) is 8.61. The maximum atomic E-state index is 12.2. The van der Waals surface area contributed by atoms with E-state index in [1.807, 2.05) is 31.4 Å². The summed E-state index contributed by atoms with van der Waals surface area (Å²) in [6.45, 7) is 6.09. The third-order valence-electron chi connectivity index (χ3n) is 3.10. The highest BCUT2D eigenvalue weighted by Crippen LogP contribution is 2.19. The molecule has 1 heterocycles. The van der Waals surface area contributed by atoms with E-state index in [1.54, 1.807) is 6.20 Å². The fraction of sp³-hybridized carbons (Fsp3) is 0.333. The van der Waals surface area contributed by atoms with Crippen molar-refractivity contribution in [1.82, 2.24) is 4.98 Å². The molecule has 1 aromatic heterocycles. The molecule has 0 aliphatic heterocycles. The van der Waals surface area contributed by atoms with Crippen LogP contribution in [0.3, 0.4) is 0 Å². The second-order valence-electron chi connectivity index (χ2n) is 4.75. The molecule has 20 heavy (non-hydrogen) atoms. The number of aromatic nitrogens is 1. The molecule has 1 amide bonds. The molecule has 2 N–H and O–H groups in total. The van der Waals surface area contributed by atoms with Crippen molar-refractivity contribution in [3.63, 3.8) is 0 Å². The van der Waals surface area contributed by atoms with E-state index < -0.39 is 0 Å². The molecule has 0 fully saturated rings. The maximum Gasteiger partial charge on any atom is 0.248 e. The van der Waals surface area contributed by atoms with Crippen LogP contribution < -0.4 is 10.6 Å². The zero-order chi connectivity index (χ0) is 14.5. The summed E-state index contributed by atoms with van der Waals surface area (Å²) in [5.74, 6) is -0.0533. The van der Waals surface area contributed by atoms with Gasteiger partial charge in [-0.2, -0.15) is 0 Å². The predicted octanol–water partition coefficient (Wildman–Crippen LogP) is 3.59. The molecule has 5 heteroatoms. The highest BCUT2D eigenvalue weighted by molar-refractivity contribution is 7.13. The number of hydrogen-bond acceptors (Lipinski definition) is 4. The van der Waals surface area contributed by atoms with E-state index in [0.29, 0.717) is 11.6 Å². The molecular weight excluding hydrogens is 270 g/mol. The quantitative estimate of drug-likeness (QED) is 0.884. The number of amides is 1. The maximum absolute atomic E-state index is 12.2. The van der Waals surface area contributed by atoms with E-state index >= 15 is 0 Å². The fourth-order valence-electron chi connectivity index (χ4n) is 1.99. The van der Waals surface area contributed by atoms with E-state index in [1.165, 1.54) is 16.9 Å². The molecule has 4 nitrogen and oxygen atoms in total. The molecule has 2 rings (SSSR count). The van der Waals surface area contributed by atoms with Crippen LogP contribution in [-0.2, 0) is 4.79 Å². The van der Waals surface area contributed by atoms with Gasteiger partial charge in [0, 0.05) is 17.3 Å². The minimum Gasteiger partial charge on any atom is -0.373 e.